The van der Waals surface area contributed by atoms with Gasteiger partial charge in [0.25, 0.3) is 5.91 Å². The molecule has 25 heavy (non-hydrogen) atoms. The number of nitrogens with zero attached hydrogens (tertiary/aromatic N) is 2. The average Bonchev–Trinajstić information content (AvgIpc) is 2.64. The Morgan fingerprint density at radius 3 is 2.40 bits per heavy atom. The van der Waals surface area contributed by atoms with Gasteiger partial charge < -0.3 is 9.64 Å². The van der Waals surface area contributed by atoms with Gasteiger partial charge in [-0.3, -0.25) is 9.69 Å². The number of piperazine rings is 1. The van der Waals surface area contributed by atoms with Gasteiger partial charge >= 0.3 is 0 Å². The van der Waals surface area contributed by atoms with Crippen molar-refractivity contribution in [2.45, 2.75) is 6.92 Å². The third-order valence-corrected chi connectivity index (χ3v) is 4.46. The number of amides is 1. The maximum absolute atomic E-state index is 13.7. The fraction of sp³-hybridized carbons (Fsp3) is 0.350. The van der Waals surface area contributed by atoms with E-state index in [-0.39, 0.29) is 11.5 Å². The first kappa shape index (κ1) is 17.4. The average molecular weight is 342 g/mol. The first-order valence-corrected chi connectivity index (χ1v) is 8.59. The molecule has 0 spiro atoms. The number of hydrogen-bond acceptors (Lipinski definition) is 3. The van der Waals surface area contributed by atoms with E-state index in [4.69, 9.17) is 4.74 Å². The van der Waals surface area contributed by atoms with Crippen LogP contribution in [-0.2, 0) is 0 Å². The van der Waals surface area contributed by atoms with Crippen molar-refractivity contribution in [3.63, 3.8) is 0 Å². The van der Waals surface area contributed by atoms with Gasteiger partial charge in [-0.25, -0.2) is 4.39 Å². The molecule has 1 amide bonds. The van der Waals surface area contributed by atoms with Crippen molar-refractivity contribution in [1.82, 2.24) is 9.80 Å². The zero-order chi connectivity index (χ0) is 17.6. The highest BCUT2D eigenvalue weighted by Gasteiger charge is 2.23. The fourth-order valence-electron chi connectivity index (χ4n) is 2.91. The quantitative estimate of drug-likeness (QED) is 0.837. The second-order valence-electron chi connectivity index (χ2n) is 6.28. The van der Waals surface area contributed by atoms with E-state index in [1.54, 1.807) is 23.1 Å². The molecule has 0 atom stereocenters. The highest BCUT2D eigenvalue weighted by atomic mass is 19.1. The molecule has 3 rings (SSSR count). The summed E-state index contributed by atoms with van der Waals surface area (Å²) in [6.07, 6.45) is 0. The van der Waals surface area contributed by atoms with E-state index in [9.17, 15) is 9.18 Å². The molecule has 0 aromatic heterocycles. The molecule has 0 unspecified atom stereocenters. The molecule has 1 heterocycles. The van der Waals surface area contributed by atoms with Crippen molar-refractivity contribution in [2.75, 3.05) is 39.3 Å². The van der Waals surface area contributed by atoms with Crippen LogP contribution in [0.2, 0.25) is 0 Å². The smallest absolute Gasteiger partial charge is 0.256 e. The molecule has 0 bridgehead atoms. The Labute approximate surface area is 147 Å². The first-order valence-electron chi connectivity index (χ1n) is 8.59. The number of halogens is 1. The number of carbonyl (C=O) groups excluding carboxylic acids is 1. The molecular formula is C20H23FN2O2. The van der Waals surface area contributed by atoms with Crippen molar-refractivity contribution in [3.8, 4) is 5.75 Å². The fourth-order valence-corrected chi connectivity index (χ4v) is 2.91. The predicted octanol–water partition coefficient (Wildman–Crippen LogP) is 2.97. The second-order valence-corrected chi connectivity index (χ2v) is 6.28. The van der Waals surface area contributed by atoms with E-state index in [0.29, 0.717) is 19.7 Å². The zero-order valence-corrected chi connectivity index (χ0v) is 14.5. The Hall–Kier alpha value is -2.40. The molecule has 0 aliphatic carbocycles. The van der Waals surface area contributed by atoms with Crippen LogP contribution in [0, 0.1) is 12.7 Å². The molecule has 2 aromatic carbocycles. The van der Waals surface area contributed by atoms with Crippen LogP contribution in [-0.4, -0.2) is 55.0 Å². The molecule has 1 aliphatic heterocycles. The highest BCUT2D eigenvalue weighted by molar-refractivity contribution is 5.94. The van der Waals surface area contributed by atoms with Crippen LogP contribution < -0.4 is 4.74 Å². The number of ether oxygens (including phenoxy) is 1. The normalized spacial score (nSPS) is 15.2. The minimum atomic E-state index is -0.457. The maximum atomic E-state index is 13.7. The van der Waals surface area contributed by atoms with Gasteiger partial charge in [-0.1, -0.05) is 29.8 Å². The topological polar surface area (TPSA) is 32.8 Å². The SMILES string of the molecule is Cc1ccc(OCCN2CCN(C(=O)c3ccccc3F)CC2)cc1. The summed E-state index contributed by atoms with van der Waals surface area (Å²) in [5.41, 5.74) is 1.36. The summed E-state index contributed by atoms with van der Waals surface area (Å²) in [6, 6.07) is 14.2. The summed E-state index contributed by atoms with van der Waals surface area (Å²) in [5.74, 6) is 0.189. The third kappa shape index (κ3) is 4.57. The minimum Gasteiger partial charge on any atom is -0.492 e. The number of rotatable bonds is 5. The molecule has 5 heteroatoms. The Morgan fingerprint density at radius 1 is 1.04 bits per heavy atom. The van der Waals surface area contributed by atoms with Crippen LogP contribution in [0.4, 0.5) is 4.39 Å². The lowest BCUT2D eigenvalue weighted by molar-refractivity contribution is 0.0616. The van der Waals surface area contributed by atoms with E-state index in [1.807, 2.05) is 31.2 Å². The summed E-state index contributed by atoms with van der Waals surface area (Å²) < 4.78 is 19.5. The van der Waals surface area contributed by atoms with Crippen LogP contribution >= 0.6 is 0 Å². The highest BCUT2D eigenvalue weighted by Crippen LogP contribution is 2.13. The summed E-state index contributed by atoms with van der Waals surface area (Å²) in [6.45, 7) is 6.25. The van der Waals surface area contributed by atoms with Crippen LogP contribution in [0.25, 0.3) is 0 Å². The van der Waals surface area contributed by atoms with E-state index in [2.05, 4.69) is 4.90 Å². The number of hydrogen-bond donors (Lipinski definition) is 0. The summed E-state index contributed by atoms with van der Waals surface area (Å²) in [7, 11) is 0. The zero-order valence-electron chi connectivity index (χ0n) is 14.5. The van der Waals surface area contributed by atoms with Crippen molar-refractivity contribution < 1.29 is 13.9 Å². The standard InChI is InChI=1S/C20H23FN2O2/c1-16-6-8-17(9-7-16)25-15-14-22-10-12-23(13-11-22)20(24)18-4-2-3-5-19(18)21/h2-9H,10-15H2,1H3. The lowest BCUT2D eigenvalue weighted by Gasteiger charge is -2.34. The van der Waals surface area contributed by atoms with Crippen molar-refractivity contribution in [1.29, 1.82) is 0 Å². The lowest BCUT2D eigenvalue weighted by Crippen LogP contribution is -2.49. The summed E-state index contributed by atoms with van der Waals surface area (Å²) in [4.78, 5) is 16.4. The first-order chi connectivity index (χ1) is 12.1. The third-order valence-electron chi connectivity index (χ3n) is 4.46. The lowest BCUT2D eigenvalue weighted by atomic mass is 10.1. The minimum absolute atomic E-state index is 0.152. The molecule has 0 saturated carbocycles. The maximum Gasteiger partial charge on any atom is 0.256 e. The van der Waals surface area contributed by atoms with Crippen molar-refractivity contribution in [2.24, 2.45) is 0 Å². The molecule has 4 nitrogen and oxygen atoms in total. The Kier molecular flexibility index (Phi) is 5.66. The van der Waals surface area contributed by atoms with E-state index in [0.717, 1.165) is 25.4 Å². The predicted molar refractivity (Wildman–Crippen MR) is 95.4 cm³/mol. The van der Waals surface area contributed by atoms with Gasteiger partial charge in [0.05, 0.1) is 5.56 Å². The Morgan fingerprint density at radius 2 is 1.72 bits per heavy atom. The van der Waals surface area contributed by atoms with Gasteiger partial charge in [-0.05, 0) is 31.2 Å². The van der Waals surface area contributed by atoms with Crippen LogP contribution in [0.5, 0.6) is 5.75 Å². The molecule has 132 valence electrons. The van der Waals surface area contributed by atoms with Gasteiger partial charge in [-0.2, -0.15) is 0 Å². The molecule has 0 N–H and O–H groups in total. The van der Waals surface area contributed by atoms with Crippen LogP contribution in [0.1, 0.15) is 15.9 Å². The van der Waals surface area contributed by atoms with Crippen LogP contribution in [0.3, 0.4) is 0 Å². The van der Waals surface area contributed by atoms with Crippen molar-refractivity contribution >= 4 is 5.91 Å². The number of benzene rings is 2. The van der Waals surface area contributed by atoms with E-state index < -0.39 is 5.82 Å². The van der Waals surface area contributed by atoms with Crippen LogP contribution in [0.15, 0.2) is 48.5 Å². The molecular weight excluding hydrogens is 319 g/mol. The second kappa shape index (κ2) is 8.12. The number of aryl methyl sites for hydroxylation is 1. The van der Waals surface area contributed by atoms with Gasteiger partial charge in [0.1, 0.15) is 18.2 Å². The van der Waals surface area contributed by atoms with Crippen molar-refractivity contribution in [3.05, 3.63) is 65.5 Å². The molecule has 1 saturated heterocycles. The van der Waals surface area contributed by atoms with Gasteiger partial charge in [-0.15, -0.1) is 0 Å². The number of carbonyl (C=O) groups is 1. The molecule has 2 aromatic rings. The van der Waals surface area contributed by atoms with E-state index >= 15 is 0 Å². The Bertz CT molecular complexity index is 710. The molecule has 1 fully saturated rings. The largest absolute Gasteiger partial charge is 0.492 e. The Balaban J connectivity index is 1.43. The summed E-state index contributed by atoms with van der Waals surface area (Å²) >= 11 is 0. The van der Waals surface area contributed by atoms with Gasteiger partial charge in [0.15, 0.2) is 0 Å². The van der Waals surface area contributed by atoms with Gasteiger partial charge in [0, 0.05) is 32.7 Å². The van der Waals surface area contributed by atoms with Gasteiger partial charge in [0.2, 0.25) is 0 Å². The van der Waals surface area contributed by atoms with E-state index in [1.165, 1.54) is 11.6 Å². The molecule has 1 aliphatic rings. The monoisotopic (exact) mass is 342 g/mol. The molecule has 0 radical (unpaired) electrons. The summed E-state index contributed by atoms with van der Waals surface area (Å²) in [5, 5.41) is 0.